The standard InChI is InChI=1S/C7H9FN2O/c1-11-7-3-5(9)4(8)2-6(7)10/h2-3H,9-10H2,1H3. The molecule has 0 saturated carbocycles. The lowest BCUT2D eigenvalue weighted by Crippen LogP contribution is -1.97. The van der Waals surface area contributed by atoms with Crippen LogP contribution in [0.15, 0.2) is 12.1 Å². The fourth-order valence-corrected chi connectivity index (χ4v) is 0.761. The molecule has 4 heteroatoms. The molecule has 1 aromatic carbocycles. The third-order valence-electron chi connectivity index (χ3n) is 1.35. The van der Waals surface area contributed by atoms with Gasteiger partial charge in [0.25, 0.3) is 0 Å². The summed E-state index contributed by atoms with van der Waals surface area (Å²) in [4.78, 5) is 0. The Morgan fingerprint density at radius 2 is 1.91 bits per heavy atom. The van der Waals surface area contributed by atoms with E-state index < -0.39 is 5.82 Å². The lowest BCUT2D eigenvalue weighted by Gasteiger charge is -2.05. The fraction of sp³-hybridized carbons (Fsp3) is 0.143. The first-order chi connectivity index (χ1) is 5.15. The first kappa shape index (κ1) is 7.65. The first-order valence-corrected chi connectivity index (χ1v) is 3.03. The summed E-state index contributed by atoms with van der Waals surface area (Å²) >= 11 is 0. The number of anilines is 2. The van der Waals surface area contributed by atoms with Gasteiger partial charge in [-0.15, -0.1) is 0 Å². The Bertz CT molecular complexity index is 275. The number of methoxy groups -OCH3 is 1. The first-order valence-electron chi connectivity index (χ1n) is 3.03. The highest BCUT2D eigenvalue weighted by molar-refractivity contribution is 5.60. The Morgan fingerprint density at radius 1 is 1.27 bits per heavy atom. The van der Waals surface area contributed by atoms with Crippen LogP contribution >= 0.6 is 0 Å². The van der Waals surface area contributed by atoms with E-state index in [0.717, 1.165) is 6.07 Å². The van der Waals surface area contributed by atoms with E-state index in [4.69, 9.17) is 16.2 Å². The van der Waals surface area contributed by atoms with Crippen LogP contribution in [0, 0.1) is 5.82 Å². The molecular weight excluding hydrogens is 147 g/mol. The zero-order valence-electron chi connectivity index (χ0n) is 6.10. The lowest BCUT2D eigenvalue weighted by molar-refractivity contribution is 0.416. The Balaban J connectivity index is 3.21. The minimum atomic E-state index is -0.525. The summed E-state index contributed by atoms with van der Waals surface area (Å²) in [6, 6.07) is 2.48. The summed E-state index contributed by atoms with van der Waals surface area (Å²) in [5.74, 6) is -0.132. The van der Waals surface area contributed by atoms with Gasteiger partial charge in [0.05, 0.1) is 18.5 Å². The molecule has 0 fully saturated rings. The molecule has 0 atom stereocenters. The summed E-state index contributed by atoms with van der Waals surface area (Å²) in [6.45, 7) is 0. The van der Waals surface area contributed by atoms with Crippen molar-refractivity contribution in [3.63, 3.8) is 0 Å². The van der Waals surface area contributed by atoms with Gasteiger partial charge >= 0.3 is 0 Å². The van der Waals surface area contributed by atoms with E-state index in [-0.39, 0.29) is 11.4 Å². The number of nitrogens with two attached hydrogens (primary N) is 2. The van der Waals surface area contributed by atoms with E-state index in [2.05, 4.69) is 0 Å². The molecule has 11 heavy (non-hydrogen) atoms. The molecule has 4 N–H and O–H groups in total. The van der Waals surface area contributed by atoms with Crippen LogP contribution in [0.25, 0.3) is 0 Å². The van der Waals surface area contributed by atoms with Crippen molar-refractivity contribution in [1.29, 1.82) is 0 Å². The molecule has 0 radical (unpaired) electrons. The third kappa shape index (κ3) is 1.34. The van der Waals surface area contributed by atoms with Crippen molar-refractivity contribution >= 4 is 11.4 Å². The van der Waals surface area contributed by atoms with Gasteiger partial charge in [-0.05, 0) is 0 Å². The van der Waals surface area contributed by atoms with Gasteiger partial charge in [-0.2, -0.15) is 0 Å². The van der Waals surface area contributed by atoms with E-state index in [1.165, 1.54) is 13.2 Å². The van der Waals surface area contributed by atoms with Crippen molar-refractivity contribution in [3.05, 3.63) is 17.9 Å². The SMILES string of the molecule is COc1cc(N)c(F)cc1N. The summed E-state index contributed by atoms with van der Waals surface area (Å²) in [5.41, 5.74) is 10.9. The zero-order chi connectivity index (χ0) is 8.43. The summed E-state index contributed by atoms with van der Waals surface area (Å²) in [7, 11) is 1.45. The molecule has 0 aliphatic rings. The summed E-state index contributed by atoms with van der Waals surface area (Å²) < 4.78 is 17.4. The van der Waals surface area contributed by atoms with Crippen LogP contribution in [0.2, 0.25) is 0 Å². The van der Waals surface area contributed by atoms with Crippen LogP contribution in [-0.2, 0) is 0 Å². The highest BCUT2D eigenvalue weighted by atomic mass is 19.1. The minimum absolute atomic E-state index is 0.0380. The van der Waals surface area contributed by atoms with Gasteiger partial charge in [0.1, 0.15) is 11.6 Å². The number of rotatable bonds is 1. The fourth-order valence-electron chi connectivity index (χ4n) is 0.761. The molecule has 0 spiro atoms. The molecule has 0 bridgehead atoms. The molecule has 0 aliphatic heterocycles. The van der Waals surface area contributed by atoms with Crippen LogP contribution in [0.1, 0.15) is 0 Å². The maximum Gasteiger partial charge on any atom is 0.148 e. The van der Waals surface area contributed by atoms with E-state index in [1.54, 1.807) is 0 Å². The monoisotopic (exact) mass is 156 g/mol. The summed E-state index contributed by atoms with van der Waals surface area (Å²) in [6.07, 6.45) is 0. The van der Waals surface area contributed by atoms with Crippen molar-refractivity contribution in [3.8, 4) is 5.75 Å². The van der Waals surface area contributed by atoms with Gasteiger partial charge in [-0.1, -0.05) is 0 Å². The van der Waals surface area contributed by atoms with Crippen molar-refractivity contribution in [2.75, 3.05) is 18.6 Å². The van der Waals surface area contributed by atoms with Crippen molar-refractivity contribution in [1.82, 2.24) is 0 Å². The van der Waals surface area contributed by atoms with Gasteiger partial charge in [0, 0.05) is 12.1 Å². The molecule has 1 aromatic rings. The second-order valence-electron chi connectivity index (χ2n) is 2.12. The number of halogens is 1. The van der Waals surface area contributed by atoms with Gasteiger partial charge in [0.2, 0.25) is 0 Å². The predicted octanol–water partition coefficient (Wildman–Crippen LogP) is 0.999. The third-order valence-corrected chi connectivity index (χ3v) is 1.35. The molecule has 60 valence electrons. The maximum absolute atomic E-state index is 12.6. The van der Waals surface area contributed by atoms with Gasteiger partial charge in [-0.3, -0.25) is 0 Å². The summed E-state index contributed by atoms with van der Waals surface area (Å²) in [5, 5.41) is 0. The Labute approximate surface area is 63.8 Å². The van der Waals surface area contributed by atoms with Crippen molar-refractivity contribution < 1.29 is 9.13 Å². The average molecular weight is 156 g/mol. The highest BCUT2D eigenvalue weighted by Crippen LogP contribution is 2.25. The van der Waals surface area contributed by atoms with E-state index in [9.17, 15) is 4.39 Å². The number of ether oxygens (including phenoxy) is 1. The van der Waals surface area contributed by atoms with E-state index in [1.807, 2.05) is 0 Å². The van der Waals surface area contributed by atoms with E-state index >= 15 is 0 Å². The molecule has 0 aliphatic carbocycles. The van der Waals surface area contributed by atoms with Crippen LogP contribution < -0.4 is 16.2 Å². The van der Waals surface area contributed by atoms with Gasteiger partial charge < -0.3 is 16.2 Å². The molecule has 3 nitrogen and oxygen atoms in total. The molecule has 0 unspecified atom stereocenters. The molecule has 0 amide bonds. The number of hydrogen-bond acceptors (Lipinski definition) is 3. The molecule has 0 aromatic heterocycles. The van der Waals surface area contributed by atoms with Crippen LogP contribution in [-0.4, -0.2) is 7.11 Å². The van der Waals surface area contributed by atoms with Crippen molar-refractivity contribution in [2.24, 2.45) is 0 Å². The minimum Gasteiger partial charge on any atom is -0.495 e. The topological polar surface area (TPSA) is 61.3 Å². The quantitative estimate of drug-likeness (QED) is 0.596. The Kier molecular flexibility index (Phi) is 1.85. The lowest BCUT2D eigenvalue weighted by atomic mass is 10.2. The molecule has 1 rings (SSSR count). The normalized spacial score (nSPS) is 9.64. The van der Waals surface area contributed by atoms with Crippen LogP contribution in [0.5, 0.6) is 5.75 Å². The highest BCUT2D eigenvalue weighted by Gasteiger charge is 2.04. The van der Waals surface area contributed by atoms with E-state index in [0.29, 0.717) is 5.75 Å². The maximum atomic E-state index is 12.6. The van der Waals surface area contributed by atoms with Gasteiger partial charge in [0.15, 0.2) is 0 Å². The average Bonchev–Trinajstić information content (AvgIpc) is 1.97. The number of hydrogen-bond donors (Lipinski definition) is 2. The zero-order valence-corrected chi connectivity index (χ0v) is 6.10. The Hall–Kier alpha value is -1.45. The molecule has 0 saturated heterocycles. The second-order valence-corrected chi connectivity index (χ2v) is 2.12. The number of nitrogen functional groups attached to an aromatic ring is 2. The van der Waals surface area contributed by atoms with Crippen LogP contribution in [0.4, 0.5) is 15.8 Å². The largest absolute Gasteiger partial charge is 0.495 e. The van der Waals surface area contributed by atoms with Gasteiger partial charge in [-0.25, -0.2) is 4.39 Å². The second kappa shape index (κ2) is 2.65. The van der Waals surface area contributed by atoms with Crippen molar-refractivity contribution in [2.45, 2.75) is 0 Å². The smallest absolute Gasteiger partial charge is 0.148 e. The van der Waals surface area contributed by atoms with Crippen LogP contribution in [0.3, 0.4) is 0 Å². The predicted molar refractivity (Wildman–Crippen MR) is 41.8 cm³/mol. The number of benzene rings is 1. The molecule has 0 heterocycles. The molecular formula is C7H9FN2O. The Morgan fingerprint density at radius 3 is 2.45 bits per heavy atom.